The highest BCUT2D eigenvalue weighted by Gasteiger charge is 2.21. The van der Waals surface area contributed by atoms with Crippen LogP contribution >= 0.6 is 0 Å². The summed E-state index contributed by atoms with van der Waals surface area (Å²) in [5.41, 5.74) is 3.86. The fourth-order valence-electron chi connectivity index (χ4n) is 3.11. The van der Waals surface area contributed by atoms with Crippen LogP contribution in [-0.4, -0.2) is 16.7 Å². The Kier molecular flexibility index (Phi) is 3.05. The van der Waals surface area contributed by atoms with Crippen molar-refractivity contribution >= 4 is 0 Å². The molecule has 1 unspecified atom stereocenters. The van der Waals surface area contributed by atoms with Gasteiger partial charge in [-0.05, 0) is 37.0 Å². The highest BCUT2D eigenvalue weighted by Crippen LogP contribution is 2.33. The maximum Gasteiger partial charge on any atom is 0.124 e. The van der Waals surface area contributed by atoms with E-state index >= 15 is 0 Å². The molecule has 1 radical (unpaired) electrons. The molecule has 0 saturated carbocycles. The minimum atomic E-state index is 0.568. The van der Waals surface area contributed by atoms with Gasteiger partial charge in [0.25, 0.3) is 0 Å². The van der Waals surface area contributed by atoms with Crippen LogP contribution < -0.4 is 4.74 Å². The third-order valence-corrected chi connectivity index (χ3v) is 4.03. The molecule has 0 saturated heterocycles. The molecule has 2 heterocycles. The summed E-state index contributed by atoms with van der Waals surface area (Å²) in [5.74, 6) is 2.74. The quantitative estimate of drug-likeness (QED) is 0.824. The third-order valence-electron chi connectivity index (χ3n) is 4.03. The lowest BCUT2D eigenvalue weighted by Gasteiger charge is -2.25. The number of rotatable bonds is 2. The van der Waals surface area contributed by atoms with E-state index in [4.69, 9.17) is 4.74 Å². The first-order valence-corrected chi connectivity index (χ1v) is 6.76. The van der Waals surface area contributed by atoms with E-state index in [0.29, 0.717) is 5.92 Å². The zero-order chi connectivity index (χ0) is 13.4. The van der Waals surface area contributed by atoms with E-state index in [2.05, 4.69) is 41.7 Å². The summed E-state index contributed by atoms with van der Waals surface area (Å²) in [6.07, 6.45) is 7.11. The molecule has 0 fully saturated rings. The summed E-state index contributed by atoms with van der Waals surface area (Å²) < 4.78 is 7.67. The average molecular weight is 255 g/mol. The number of methoxy groups -OCH3 is 1. The summed E-state index contributed by atoms with van der Waals surface area (Å²) in [6.45, 7) is 5.25. The van der Waals surface area contributed by atoms with Crippen LogP contribution in [0.4, 0.5) is 0 Å². The van der Waals surface area contributed by atoms with Crippen molar-refractivity contribution in [2.45, 2.75) is 39.2 Å². The molecular formula is C16H19N2O. The molecule has 1 aliphatic rings. The molecule has 3 rings (SSSR count). The van der Waals surface area contributed by atoms with Crippen molar-refractivity contribution in [3.05, 3.63) is 47.0 Å². The number of aromatic nitrogens is 2. The van der Waals surface area contributed by atoms with Crippen molar-refractivity contribution < 1.29 is 4.74 Å². The summed E-state index contributed by atoms with van der Waals surface area (Å²) in [5, 5.41) is 0. The van der Waals surface area contributed by atoms with E-state index in [1.165, 1.54) is 22.5 Å². The summed E-state index contributed by atoms with van der Waals surface area (Å²) in [6, 6.07) is 4.53. The molecule has 19 heavy (non-hydrogen) atoms. The molecule has 1 atom stereocenters. The van der Waals surface area contributed by atoms with Gasteiger partial charge in [-0.1, -0.05) is 12.1 Å². The Morgan fingerprint density at radius 2 is 2.05 bits per heavy atom. The first kappa shape index (κ1) is 12.3. The SMILES string of the molecule is COc1c(C)cc(C2CCc3n[c]cn3C2)cc1C. The zero-order valence-electron chi connectivity index (χ0n) is 11.7. The number of imidazole rings is 1. The highest BCUT2D eigenvalue weighted by atomic mass is 16.5. The summed E-state index contributed by atoms with van der Waals surface area (Å²) in [7, 11) is 1.74. The number of hydrogen-bond acceptors (Lipinski definition) is 2. The van der Waals surface area contributed by atoms with Crippen LogP contribution in [0.5, 0.6) is 5.75 Å². The molecule has 0 spiro atoms. The molecule has 3 nitrogen and oxygen atoms in total. The second-order valence-electron chi connectivity index (χ2n) is 5.36. The lowest BCUT2D eigenvalue weighted by atomic mass is 9.89. The number of aryl methyl sites for hydroxylation is 3. The molecule has 3 heteroatoms. The maximum absolute atomic E-state index is 5.44. The van der Waals surface area contributed by atoms with Crippen LogP contribution in [0.3, 0.4) is 0 Å². The summed E-state index contributed by atoms with van der Waals surface area (Å²) >= 11 is 0. The second-order valence-corrected chi connectivity index (χ2v) is 5.36. The molecule has 2 aromatic rings. The largest absolute Gasteiger partial charge is 0.496 e. The van der Waals surface area contributed by atoms with Gasteiger partial charge in [0.1, 0.15) is 17.8 Å². The van der Waals surface area contributed by atoms with Gasteiger partial charge in [-0.3, -0.25) is 0 Å². The van der Waals surface area contributed by atoms with Crippen LogP contribution in [0.1, 0.15) is 34.9 Å². The molecule has 0 aliphatic carbocycles. The van der Waals surface area contributed by atoms with Crippen molar-refractivity contribution in [3.8, 4) is 5.75 Å². The monoisotopic (exact) mass is 255 g/mol. The van der Waals surface area contributed by atoms with Gasteiger partial charge in [0.05, 0.1) is 7.11 Å². The lowest BCUT2D eigenvalue weighted by Crippen LogP contribution is -2.18. The van der Waals surface area contributed by atoms with Crippen molar-refractivity contribution in [1.29, 1.82) is 0 Å². The predicted octanol–water partition coefficient (Wildman–Crippen LogP) is 3.04. The predicted molar refractivity (Wildman–Crippen MR) is 74.6 cm³/mol. The van der Waals surface area contributed by atoms with Gasteiger partial charge >= 0.3 is 0 Å². The topological polar surface area (TPSA) is 27.1 Å². The molecule has 1 aromatic carbocycles. The third kappa shape index (κ3) is 2.14. The Balaban J connectivity index is 1.92. The van der Waals surface area contributed by atoms with E-state index in [9.17, 15) is 0 Å². The number of ether oxygens (including phenoxy) is 1. The molecule has 99 valence electrons. The molecule has 0 amide bonds. The van der Waals surface area contributed by atoms with Crippen molar-refractivity contribution in [2.75, 3.05) is 7.11 Å². The Labute approximate surface area is 114 Å². The van der Waals surface area contributed by atoms with E-state index in [1.807, 2.05) is 6.20 Å². The first-order valence-electron chi connectivity index (χ1n) is 6.76. The van der Waals surface area contributed by atoms with E-state index in [0.717, 1.165) is 25.1 Å². The van der Waals surface area contributed by atoms with Gasteiger partial charge in [-0.2, -0.15) is 0 Å². The lowest BCUT2D eigenvalue weighted by molar-refractivity contribution is 0.407. The number of benzene rings is 1. The van der Waals surface area contributed by atoms with Crippen LogP contribution in [-0.2, 0) is 13.0 Å². The summed E-state index contributed by atoms with van der Waals surface area (Å²) in [4.78, 5) is 4.27. The minimum absolute atomic E-state index is 0.568. The molecular weight excluding hydrogens is 236 g/mol. The Bertz CT molecular complexity index is 578. The fourth-order valence-corrected chi connectivity index (χ4v) is 3.11. The van der Waals surface area contributed by atoms with Crippen LogP contribution in [0.15, 0.2) is 18.3 Å². The standard InChI is InChI=1S/C16H19N2O/c1-11-8-14(9-12(2)16(11)19-3)13-4-5-15-17-6-7-18(15)10-13/h7-9,13H,4-5,10H2,1-3H3. The molecule has 0 N–H and O–H groups in total. The van der Waals surface area contributed by atoms with Crippen molar-refractivity contribution in [1.82, 2.24) is 9.55 Å². The fraction of sp³-hybridized carbons (Fsp3) is 0.438. The van der Waals surface area contributed by atoms with E-state index < -0.39 is 0 Å². The number of hydrogen-bond donors (Lipinski definition) is 0. The normalized spacial score (nSPS) is 18.2. The average Bonchev–Trinajstić information content (AvgIpc) is 2.85. The van der Waals surface area contributed by atoms with Gasteiger partial charge in [-0.15, -0.1) is 0 Å². The van der Waals surface area contributed by atoms with E-state index in [-0.39, 0.29) is 0 Å². The van der Waals surface area contributed by atoms with Crippen molar-refractivity contribution in [2.24, 2.45) is 0 Å². The van der Waals surface area contributed by atoms with Crippen molar-refractivity contribution in [3.63, 3.8) is 0 Å². The highest BCUT2D eigenvalue weighted by molar-refractivity contribution is 5.44. The Morgan fingerprint density at radius 1 is 1.32 bits per heavy atom. The van der Waals surface area contributed by atoms with Gasteiger partial charge < -0.3 is 9.30 Å². The first-order chi connectivity index (χ1) is 9.19. The Morgan fingerprint density at radius 3 is 2.74 bits per heavy atom. The van der Waals surface area contributed by atoms with Crippen LogP contribution in [0.2, 0.25) is 0 Å². The minimum Gasteiger partial charge on any atom is -0.496 e. The smallest absolute Gasteiger partial charge is 0.124 e. The molecule has 1 aromatic heterocycles. The maximum atomic E-state index is 5.44. The van der Waals surface area contributed by atoms with Gasteiger partial charge in [0, 0.05) is 25.1 Å². The zero-order valence-corrected chi connectivity index (χ0v) is 11.7. The van der Waals surface area contributed by atoms with Gasteiger partial charge in [0.15, 0.2) is 0 Å². The van der Waals surface area contributed by atoms with Gasteiger partial charge in [-0.25, -0.2) is 4.98 Å². The van der Waals surface area contributed by atoms with E-state index in [1.54, 1.807) is 7.11 Å². The van der Waals surface area contributed by atoms with Crippen LogP contribution in [0, 0.1) is 20.0 Å². The second kappa shape index (κ2) is 4.72. The number of fused-ring (bicyclic) bond motifs is 1. The van der Waals surface area contributed by atoms with Crippen LogP contribution in [0.25, 0.3) is 0 Å². The Hall–Kier alpha value is -1.77. The number of nitrogens with zero attached hydrogens (tertiary/aromatic N) is 2. The van der Waals surface area contributed by atoms with Gasteiger partial charge in [0.2, 0.25) is 0 Å². The molecule has 0 bridgehead atoms. The molecule has 1 aliphatic heterocycles.